The molecule has 0 aromatic carbocycles. The van der Waals surface area contributed by atoms with Crippen molar-refractivity contribution in [1.82, 2.24) is 0 Å². The Bertz CT molecular complexity index is 512. The van der Waals surface area contributed by atoms with E-state index in [1.165, 1.54) is 77.0 Å². The molecule has 4 aliphatic rings. The van der Waals surface area contributed by atoms with Gasteiger partial charge in [-0.1, -0.05) is 36.6 Å². The summed E-state index contributed by atoms with van der Waals surface area (Å²) in [7, 11) is 0. The zero-order valence-corrected chi connectivity index (χ0v) is 20.3. The molecule has 4 rings (SSSR count). The first-order valence-corrected chi connectivity index (χ1v) is 11.7. The molecule has 0 spiro atoms. The molecule has 0 aliphatic heterocycles. The van der Waals surface area contributed by atoms with Gasteiger partial charge in [-0.2, -0.15) is 0 Å². The third-order valence-electron chi connectivity index (χ3n) is 8.20. The SMILES string of the molecule is C/C=C/C1CCC(C2CC=C(C3CCC(CC4CC4)CC3O)CC2)CC1.[Y]. The summed E-state index contributed by atoms with van der Waals surface area (Å²) in [5.74, 6) is 5.07. The first-order valence-electron chi connectivity index (χ1n) is 11.7. The number of aliphatic hydroxyl groups excluding tert-OH is 1. The van der Waals surface area contributed by atoms with Gasteiger partial charge in [0.2, 0.25) is 0 Å². The summed E-state index contributed by atoms with van der Waals surface area (Å²) in [6.07, 6.45) is 24.9. The van der Waals surface area contributed by atoms with Crippen LogP contribution in [0.2, 0.25) is 0 Å². The quantitative estimate of drug-likeness (QED) is 0.469. The summed E-state index contributed by atoms with van der Waals surface area (Å²) in [6, 6.07) is 0. The zero-order valence-electron chi connectivity index (χ0n) is 17.5. The van der Waals surface area contributed by atoms with Crippen LogP contribution in [0.15, 0.2) is 23.8 Å². The standard InChI is InChI=1S/C25H40O.Y/c1-2-3-18-6-9-21(10-7-18)22-11-13-23(14-12-22)24-15-8-20(17-25(24)26)16-19-4-5-19;/h2-3,13,18-22,24-26H,4-12,14-17H2,1H3;/b3-2+;. The molecule has 0 heterocycles. The topological polar surface area (TPSA) is 20.2 Å². The van der Waals surface area contributed by atoms with Crippen molar-refractivity contribution in [3.63, 3.8) is 0 Å². The van der Waals surface area contributed by atoms with Crippen molar-refractivity contribution in [3.8, 4) is 0 Å². The van der Waals surface area contributed by atoms with Gasteiger partial charge in [0.15, 0.2) is 0 Å². The Balaban J connectivity index is 0.00000210. The maximum Gasteiger partial charge on any atom is 0.0608 e. The van der Waals surface area contributed by atoms with Gasteiger partial charge in [-0.05, 0) is 107 Å². The molecular formula is C25H40OY. The van der Waals surface area contributed by atoms with Gasteiger partial charge in [-0.3, -0.25) is 0 Å². The summed E-state index contributed by atoms with van der Waals surface area (Å²) in [5.41, 5.74) is 1.63. The number of hydrogen-bond acceptors (Lipinski definition) is 1. The van der Waals surface area contributed by atoms with Gasteiger partial charge in [0.25, 0.3) is 0 Å². The van der Waals surface area contributed by atoms with Gasteiger partial charge < -0.3 is 5.11 Å². The Morgan fingerprint density at radius 2 is 1.67 bits per heavy atom. The zero-order chi connectivity index (χ0) is 17.9. The third kappa shape index (κ3) is 6.02. The Morgan fingerprint density at radius 3 is 2.26 bits per heavy atom. The fourth-order valence-electron chi connectivity index (χ4n) is 6.42. The molecule has 0 amide bonds. The second-order valence-corrected chi connectivity index (χ2v) is 10.0. The van der Waals surface area contributed by atoms with E-state index in [-0.39, 0.29) is 38.8 Å². The van der Waals surface area contributed by atoms with Crippen LogP contribution in [0.5, 0.6) is 0 Å². The molecule has 0 bridgehead atoms. The minimum absolute atomic E-state index is 0. The average molecular weight is 446 g/mol. The fourth-order valence-corrected chi connectivity index (χ4v) is 6.42. The van der Waals surface area contributed by atoms with E-state index in [0.29, 0.717) is 5.92 Å². The molecule has 0 aromatic heterocycles. The Hall–Kier alpha value is 0.544. The van der Waals surface area contributed by atoms with Crippen LogP contribution >= 0.6 is 0 Å². The number of rotatable bonds is 5. The van der Waals surface area contributed by atoms with Crippen LogP contribution in [0, 0.1) is 35.5 Å². The van der Waals surface area contributed by atoms with E-state index in [9.17, 15) is 5.11 Å². The third-order valence-corrected chi connectivity index (χ3v) is 8.20. The Labute approximate surface area is 192 Å². The van der Waals surface area contributed by atoms with Crippen LogP contribution < -0.4 is 0 Å². The summed E-state index contributed by atoms with van der Waals surface area (Å²) in [6.45, 7) is 2.16. The van der Waals surface area contributed by atoms with E-state index in [1.807, 2.05) is 0 Å². The van der Waals surface area contributed by atoms with Crippen molar-refractivity contribution < 1.29 is 37.8 Å². The molecule has 1 nitrogen and oxygen atoms in total. The van der Waals surface area contributed by atoms with Gasteiger partial charge in [-0.15, -0.1) is 0 Å². The first kappa shape index (κ1) is 22.2. The number of hydrogen-bond donors (Lipinski definition) is 1. The van der Waals surface area contributed by atoms with Crippen LogP contribution in [-0.2, 0) is 32.7 Å². The molecule has 149 valence electrons. The van der Waals surface area contributed by atoms with Crippen molar-refractivity contribution in [2.75, 3.05) is 0 Å². The normalized spacial score (nSPS) is 40.4. The van der Waals surface area contributed by atoms with Crippen LogP contribution in [0.1, 0.15) is 90.4 Å². The average Bonchev–Trinajstić information content (AvgIpc) is 3.47. The summed E-state index contributed by atoms with van der Waals surface area (Å²) in [4.78, 5) is 0. The Kier molecular flexibility index (Phi) is 8.68. The van der Waals surface area contributed by atoms with Crippen LogP contribution in [0.4, 0.5) is 0 Å². The second kappa shape index (κ2) is 10.5. The molecule has 3 saturated carbocycles. The van der Waals surface area contributed by atoms with Crippen LogP contribution in [0.3, 0.4) is 0 Å². The molecule has 2 heteroatoms. The van der Waals surface area contributed by atoms with Crippen molar-refractivity contribution in [2.24, 2.45) is 35.5 Å². The number of aliphatic hydroxyl groups is 1. The van der Waals surface area contributed by atoms with E-state index in [4.69, 9.17) is 0 Å². The molecule has 0 aromatic rings. The minimum Gasteiger partial charge on any atom is -0.392 e. The van der Waals surface area contributed by atoms with E-state index < -0.39 is 0 Å². The molecule has 27 heavy (non-hydrogen) atoms. The van der Waals surface area contributed by atoms with Gasteiger partial charge in [0, 0.05) is 38.6 Å². The van der Waals surface area contributed by atoms with Gasteiger partial charge in [0.1, 0.15) is 0 Å². The van der Waals surface area contributed by atoms with Crippen molar-refractivity contribution >= 4 is 0 Å². The predicted molar refractivity (Wildman–Crippen MR) is 110 cm³/mol. The largest absolute Gasteiger partial charge is 0.392 e. The van der Waals surface area contributed by atoms with E-state index in [0.717, 1.165) is 36.0 Å². The summed E-state index contributed by atoms with van der Waals surface area (Å²) in [5, 5.41) is 10.8. The maximum atomic E-state index is 10.8. The smallest absolute Gasteiger partial charge is 0.0608 e. The Morgan fingerprint density at radius 1 is 0.926 bits per heavy atom. The molecule has 1 radical (unpaired) electrons. The summed E-state index contributed by atoms with van der Waals surface area (Å²) >= 11 is 0. The van der Waals surface area contributed by atoms with Crippen LogP contribution in [0.25, 0.3) is 0 Å². The van der Waals surface area contributed by atoms with Gasteiger partial charge in [0.05, 0.1) is 6.10 Å². The minimum atomic E-state index is -0.0495. The summed E-state index contributed by atoms with van der Waals surface area (Å²) < 4.78 is 0. The van der Waals surface area contributed by atoms with Crippen LogP contribution in [-0.4, -0.2) is 11.2 Å². The monoisotopic (exact) mass is 445 g/mol. The van der Waals surface area contributed by atoms with Crippen molar-refractivity contribution in [2.45, 2.75) is 96.5 Å². The second-order valence-electron chi connectivity index (χ2n) is 10.0. The molecule has 4 unspecified atom stereocenters. The molecule has 4 aliphatic carbocycles. The van der Waals surface area contributed by atoms with Crippen molar-refractivity contribution in [3.05, 3.63) is 23.8 Å². The maximum absolute atomic E-state index is 10.8. The van der Waals surface area contributed by atoms with E-state index in [1.54, 1.807) is 5.57 Å². The first-order chi connectivity index (χ1) is 12.7. The van der Waals surface area contributed by atoms with Gasteiger partial charge in [-0.25, -0.2) is 0 Å². The van der Waals surface area contributed by atoms with Gasteiger partial charge >= 0.3 is 0 Å². The van der Waals surface area contributed by atoms with E-state index in [2.05, 4.69) is 25.2 Å². The van der Waals surface area contributed by atoms with Crippen molar-refractivity contribution in [1.29, 1.82) is 0 Å². The molecule has 4 atom stereocenters. The predicted octanol–water partition coefficient (Wildman–Crippen LogP) is 6.67. The number of allylic oxidation sites excluding steroid dienone is 3. The molecular weight excluding hydrogens is 405 g/mol. The molecule has 1 N–H and O–H groups in total. The fraction of sp³-hybridized carbons (Fsp3) is 0.840. The molecule has 0 saturated heterocycles. The van der Waals surface area contributed by atoms with E-state index >= 15 is 0 Å². The molecule has 3 fully saturated rings.